The molecule has 0 bridgehead atoms. The van der Waals surface area contributed by atoms with Crippen molar-refractivity contribution < 1.29 is 14.3 Å². The van der Waals surface area contributed by atoms with E-state index >= 15 is 0 Å². The molecule has 0 unspecified atom stereocenters. The van der Waals surface area contributed by atoms with Crippen LogP contribution in [0.2, 0.25) is 0 Å². The van der Waals surface area contributed by atoms with E-state index in [1.807, 2.05) is 44.2 Å². The average Bonchev–Trinajstić information content (AvgIpc) is 2.45. The van der Waals surface area contributed by atoms with Gasteiger partial charge in [-0.25, -0.2) is 4.79 Å². The summed E-state index contributed by atoms with van der Waals surface area (Å²) in [6, 6.07) is 9.67. The zero-order valence-corrected chi connectivity index (χ0v) is 11.9. The molecule has 0 N–H and O–H groups in total. The maximum Gasteiger partial charge on any atom is 0.410 e. The molecule has 1 aromatic rings. The van der Waals surface area contributed by atoms with E-state index in [4.69, 9.17) is 4.74 Å². The number of amides is 2. The minimum absolute atomic E-state index is 0.0251. The minimum atomic E-state index is -0.425. The van der Waals surface area contributed by atoms with Crippen LogP contribution in [-0.2, 0) is 16.1 Å². The third kappa shape index (κ3) is 3.50. The topological polar surface area (TPSA) is 49.9 Å². The molecular formula is C15H20N2O3. The molecule has 0 atom stereocenters. The van der Waals surface area contributed by atoms with Crippen molar-refractivity contribution >= 4 is 12.0 Å². The molecule has 0 aromatic heterocycles. The van der Waals surface area contributed by atoms with Gasteiger partial charge >= 0.3 is 6.09 Å². The van der Waals surface area contributed by atoms with E-state index in [0.717, 1.165) is 5.56 Å². The Bertz CT molecular complexity index is 473. The number of piperazine rings is 1. The monoisotopic (exact) mass is 276 g/mol. The highest BCUT2D eigenvalue weighted by Gasteiger charge is 2.29. The highest BCUT2D eigenvalue weighted by atomic mass is 16.6. The number of hydrogen-bond donors (Lipinski definition) is 0. The number of ether oxygens (including phenoxy) is 1. The summed E-state index contributed by atoms with van der Waals surface area (Å²) in [6.45, 7) is 5.38. The van der Waals surface area contributed by atoms with Crippen LogP contribution in [0.5, 0.6) is 0 Å². The van der Waals surface area contributed by atoms with Crippen LogP contribution in [0, 0.1) is 0 Å². The number of hydrogen-bond acceptors (Lipinski definition) is 3. The van der Waals surface area contributed by atoms with Gasteiger partial charge in [-0.15, -0.1) is 0 Å². The van der Waals surface area contributed by atoms with E-state index < -0.39 is 6.09 Å². The largest absolute Gasteiger partial charge is 0.445 e. The predicted molar refractivity (Wildman–Crippen MR) is 75.0 cm³/mol. The number of nitrogens with zero attached hydrogens (tertiary/aromatic N) is 2. The highest BCUT2D eigenvalue weighted by molar-refractivity contribution is 5.83. The molecule has 5 nitrogen and oxygen atoms in total. The molecule has 1 aliphatic heterocycles. The summed E-state index contributed by atoms with van der Waals surface area (Å²) in [7, 11) is 0. The van der Waals surface area contributed by atoms with Gasteiger partial charge in [0.1, 0.15) is 13.2 Å². The molecule has 1 heterocycles. The molecule has 1 aromatic carbocycles. The van der Waals surface area contributed by atoms with Crippen molar-refractivity contribution in [3.63, 3.8) is 0 Å². The SMILES string of the molecule is CC(C)N1CCN(C(=O)OCc2ccccc2)CC1=O. The Morgan fingerprint density at radius 2 is 1.95 bits per heavy atom. The summed E-state index contributed by atoms with van der Waals surface area (Å²) in [4.78, 5) is 27.1. The average molecular weight is 276 g/mol. The van der Waals surface area contributed by atoms with Crippen molar-refractivity contribution in [3.05, 3.63) is 35.9 Å². The lowest BCUT2D eigenvalue weighted by molar-refractivity contribution is -0.137. The van der Waals surface area contributed by atoms with Crippen molar-refractivity contribution in [3.8, 4) is 0 Å². The van der Waals surface area contributed by atoms with Crippen LogP contribution in [0.1, 0.15) is 19.4 Å². The van der Waals surface area contributed by atoms with E-state index in [1.54, 1.807) is 4.90 Å². The van der Waals surface area contributed by atoms with Gasteiger partial charge in [0.15, 0.2) is 0 Å². The third-order valence-corrected chi connectivity index (χ3v) is 3.34. The fourth-order valence-electron chi connectivity index (χ4n) is 2.20. The Labute approximate surface area is 119 Å². The van der Waals surface area contributed by atoms with Gasteiger partial charge in [-0.2, -0.15) is 0 Å². The van der Waals surface area contributed by atoms with Crippen molar-refractivity contribution in [1.29, 1.82) is 0 Å². The lowest BCUT2D eigenvalue weighted by Gasteiger charge is -2.36. The quantitative estimate of drug-likeness (QED) is 0.847. The Morgan fingerprint density at radius 1 is 1.25 bits per heavy atom. The Balaban J connectivity index is 1.84. The molecule has 1 saturated heterocycles. The molecule has 1 fully saturated rings. The van der Waals surface area contributed by atoms with E-state index in [1.165, 1.54) is 4.90 Å². The second kappa shape index (κ2) is 6.41. The Kier molecular flexibility index (Phi) is 4.61. The van der Waals surface area contributed by atoms with Crippen molar-refractivity contribution in [1.82, 2.24) is 9.80 Å². The van der Waals surface area contributed by atoms with Gasteiger partial charge in [0.05, 0.1) is 0 Å². The number of rotatable bonds is 3. The van der Waals surface area contributed by atoms with Gasteiger partial charge < -0.3 is 9.64 Å². The van der Waals surface area contributed by atoms with Crippen LogP contribution in [0.15, 0.2) is 30.3 Å². The molecule has 0 aliphatic carbocycles. The molecule has 0 spiro atoms. The summed E-state index contributed by atoms with van der Waals surface area (Å²) in [5, 5.41) is 0. The lowest BCUT2D eigenvalue weighted by Crippen LogP contribution is -2.54. The van der Waals surface area contributed by atoms with Gasteiger partial charge in [0.2, 0.25) is 5.91 Å². The second-order valence-electron chi connectivity index (χ2n) is 5.14. The lowest BCUT2D eigenvalue weighted by atomic mass is 10.2. The molecule has 20 heavy (non-hydrogen) atoms. The van der Waals surface area contributed by atoms with Crippen LogP contribution in [0.4, 0.5) is 4.79 Å². The second-order valence-corrected chi connectivity index (χ2v) is 5.14. The fraction of sp³-hybridized carbons (Fsp3) is 0.467. The zero-order valence-electron chi connectivity index (χ0n) is 11.9. The van der Waals surface area contributed by atoms with E-state index in [0.29, 0.717) is 13.1 Å². The van der Waals surface area contributed by atoms with Crippen molar-refractivity contribution in [2.75, 3.05) is 19.6 Å². The Morgan fingerprint density at radius 3 is 2.55 bits per heavy atom. The van der Waals surface area contributed by atoms with Crippen LogP contribution in [-0.4, -0.2) is 47.5 Å². The maximum atomic E-state index is 11.9. The number of carbonyl (C=O) groups is 2. The number of benzene rings is 1. The zero-order chi connectivity index (χ0) is 14.5. The first-order chi connectivity index (χ1) is 9.58. The van der Waals surface area contributed by atoms with E-state index in [-0.39, 0.29) is 25.1 Å². The molecule has 1 aliphatic rings. The minimum Gasteiger partial charge on any atom is -0.445 e. The Hall–Kier alpha value is -2.04. The van der Waals surface area contributed by atoms with Crippen molar-refractivity contribution in [2.24, 2.45) is 0 Å². The first-order valence-corrected chi connectivity index (χ1v) is 6.83. The first-order valence-electron chi connectivity index (χ1n) is 6.83. The predicted octanol–water partition coefficient (Wildman–Crippen LogP) is 1.88. The van der Waals surface area contributed by atoms with Crippen LogP contribution in [0.25, 0.3) is 0 Å². The summed E-state index contributed by atoms with van der Waals surface area (Å²) in [5.74, 6) is -0.0251. The first kappa shape index (κ1) is 14.4. The van der Waals surface area contributed by atoms with Crippen LogP contribution < -0.4 is 0 Å². The van der Waals surface area contributed by atoms with Gasteiger partial charge in [0, 0.05) is 19.1 Å². The van der Waals surface area contributed by atoms with E-state index in [2.05, 4.69) is 0 Å². The summed E-state index contributed by atoms with van der Waals surface area (Å²) < 4.78 is 5.23. The van der Waals surface area contributed by atoms with Gasteiger partial charge in [0.25, 0.3) is 0 Å². The fourth-order valence-corrected chi connectivity index (χ4v) is 2.20. The molecule has 108 valence electrons. The normalized spacial score (nSPS) is 15.7. The summed E-state index contributed by atoms with van der Waals surface area (Å²) in [6.07, 6.45) is -0.425. The van der Waals surface area contributed by atoms with Crippen LogP contribution in [0.3, 0.4) is 0 Å². The third-order valence-electron chi connectivity index (χ3n) is 3.34. The van der Waals surface area contributed by atoms with Gasteiger partial charge in [-0.05, 0) is 19.4 Å². The number of carbonyl (C=O) groups excluding carboxylic acids is 2. The molecule has 2 amide bonds. The molecule has 0 saturated carbocycles. The molecule has 2 rings (SSSR count). The van der Waals surface area contributed by atoms with Crippen molar-refractivity contribution in [2.45, 2.75) is 26.5 Å². The molecular weight excluding hydrogens is 256 g/mol. The molecule has 5 heteroatoms. The highest BCUT2D eigenvalue weighted by Crippen LogP contribution is 2.10. The standard InChI is InChI=1S/C15H20N2O3/c1-12(2)17-9-8-16(10-14(17)18)15(19)20-11-13-6-4-3-5-7-13/h3-7,12H,8-11H2,1-2H3. The van der Waals surface area contributed by atoms with Gasteiger partial charge in [-0.1, -0.05) is 30.3 Å². The van der Waals surface area contributed by atoms with E-state index in [9.17, 15) is 9.59 Å². The van der Waals surface area contributed by atoms with Crippen LogP contribution >= 0.6 is 0 Å². The molecule has 0 radical (unpaired) electrons. The smallest absolute Gasteiger partial charge is 0.410 e. The summed E-state index contributed by atoms with van der Waals surface area (Å²) in [5.41, 5.74) is 0.938. The summed E-state index contributed by atoms with van der Waals surface area (Å²) >= 11 is 0. The maximum absolute atomic E-state index is 11.9. The van der Waals surface area contributed by atoms with Gasteiger partial charge in [-0.3, -0.25) is 9.69 Å².